The number of aliphatic hydroxyl groups excluding tert-OH is 1. The number of methoxy groups -OCH3 is 1. The van der Waals surface area contributed by atoms with Crippen LogP contribution in [0.3, 0.4) is 0 Å². The Hall–Kier alpha value is -1.79. The predicted octanol–water partition coefficient (Wildman–Crippen LogP) is 0.254. The van der Waals surface area contributed by atoms with Crippen molar-refractivity contribution in [3.63, 3.8) is 0 Å². The van der Waals surface area contributed by atoms with Gasteiger partial charge < -0.3 is 24.6 Å². The molecule has 0 bridgehead atoms. The van der Waals surface area contributed by atoms with E-state index in [-0.39, 0.29) is 19.1 Å². The molecule has 6 heteroatoms. The van der Waals surface area contributed by atoms with Crippen LogP contribution in [-0.2, 0) is 9.53 Å². The highest BCUT2D eigenvalue weighted by molar-refractivity contribution is 5.71. The van der Waals surface area contributed by atoms with Gasteiger partial charge in [-0.15, -0.1) is 0 Å². The molecule has 6 nitrogen and oxygen atoms in total. The number of nitrogens with one attached hydrogen (secondary N) is 1. The van der Waals surface area contributed by atoms with Crippen molar-refractivity contribution in [2.75, 3.05) is 33.4 Å². The maximum absolute atomic E-state index is 10.9. The first-order valence-corrected chi connectivity index (χ1v) is 6.06. The Morgan fingerprint density at radius 3 is 2.89 bits per heavy atom. The maximum Gasteiger partial charge on any atom is 0.319 e. The van der Waals surface area contributed by atoms with E-state index in [1.165, 1.54) is 7.11 Å². The third kappa shape index (κ3) is 3.59. The molecule has 104 valence electrons. The van der Waals surface area contributed by atoms with Crippen molar-refractivity contribution in [3.8, 4) is 11.5 Å². The van der Waals surface area contributed by atoms with Crippen LogP contribution in [0.1, 0.15) is 11.7 Å². The van der Waals surface area contributed by atoms with E-state index < -0.39 is 6.10 Å². The standard InChI is InChI=1S/C13H17NO5/c1-17-13(16)8-14-7-10(15)9-2-3-11-12(6-9)19-5-4-18-11/h2-3,6,10,14-15H,4-5,7-8H2,1H3. The van der Waals surface area contributed by atoms with Gasteiger partial charge >= 0.3 is 5.97 Å². The Morgan fingerprint density at radius 2 is 2.16 bits per heavy atom. The third-order valence-electron chi connectivity index (χ3n) is 2.79. The van der Waals surface area contributed by atoms with Crippen LogP contribution in [-0.4, -0.2) is 44.5 Å². The Morgan fingerprint density at radius 1 is 1.42 bits per heavy atom. The lowest BCUT2D eigenvalue weighted by Gasteiger charge is -2.20. The number of rotatable bonds is 5. The minimum atomic E-state index is -0.722. The largest absolute Gasteiger partial charge is 0.486 e. The molecule has 0 aliphatic carbocycles. The van der Waals surface area contributed by atoms with Gasteiger partial charge in [0.25, 0.3) is 0 Å². The minimum Gasteiger partial charge on any atom is -0.486 e. The van der Waals surface area contributed by atoms with Crippen LogP contribution in [0, 0.1) is 0 Å². The van der Waals surface area contributed by atoms with Crippen molar-refractivity contribution in [2.24, 2.45) is 0 Å². The van der Waals surface area contributed by atoms with Gasteiger partial charge in [-0.05, 0) is 17.7 Å². The summed E-state index contributed by atoms with van der Waals surface area (Å²) in [6.07, 6.45) is -0.722. The molecule has 1 aliphatic heterocycles. The second-order valence-corrected chi connectivity index (χ2v) is 4.13. The zero-order valence-corrected chi connectivity index (χ0v) is 10.7. The van der Waals surface area contributed by atoms with E-state index in [1.54, 1.807) is 18.2 Å². The van der Waals surface area contributed by atoms with Gasteiger partial charge in [0.15, 0.2) is 11.5 Å². The smallest absolute Gasteiger partial charge is 0.319 e. The number of hydrogen-bond donors (Lipinski definition) is 2. The van der Waals surface area contributed by atoms with Crippen molar-refractivity contribution >= 4 is 5.97 Å². The van der Waals surface area contributed by atoms with Crippen LogP contribution in [0.15, 0.2) is 18.2 Å². The fraction of sp³-hybridized carbons (Fsp3) is 0.462. The van der Waals surface area contributed by atoms with Crippen molar-refractivity contribution in [2.45, 2.75) is 6.10 Å². The third-order valence-corrected chi connectivity index (χ3v) is 2.79. The highest BCUT2D eigenvalue weighted by Crippen LogP contribution is 2.32. The average molecular weight is 267 g/mol. The topological polar surface area (TPSA) is 77.0 Å². The lowest BCUT2D eigenvalue weighted by atomic mass is 10.1. The van der Waals surface area contributed by atoms with E-state index in [2.05, 4.69) is 10.1 Å². The molecule has 1 unspecified atom stereocenters. The molecule has 0 radical (unpaired) electrons. The van der Waals surface area contributed by atoms with Gasteiger partial charge in [-0.3, -0.25) is 4.79 Å². The summed E-state index contributed by atoms with van der Waals surface area (Å²) in [5, 5.41) is 12.8. The summed E-state index contributed by atoms with van der Waals surface area (Å²) in [7, 11) is 1.32. The normalized spacial score (nSPS) is 14.8. The lowest BCUT2D eigenvalue weighted by Crippen LogP contribution is -2.28. The number of carbonyl (C=O) groups is 1. The van der Waals surface area contributed by atoms with E-state index in [4.69, 9.17) is 9.47 Å². The molecule has 2 N–H and O–H groups in total. The fourth-order valence-corrected chi connectivity index (χ4v) is 1.77. The van der Waals surface area contributed by atoms with Gasteiger partial charge in [-0.25, -0.2) is 0 Å². The molecule has 0 fully saturated rings. The molecule has 1 heterocycles. The molecule has 0 amide bonds. The first kappa shape index (κ1) is 13.6. The Kier molecular flexibility index (Phi) is 4.59. The van der Waals surface area contributed by atoms with E-state index in [0.717, 1.165) is 0 Å². The predicted molar refractivity (Wildman–Crippen MR) is 67.3 cm³/mol. The number of hydrogen-bond acceptors (Lipinski definition) is 6. The number of esters is 1. The zero-order chi connectivity index (χ0) is 13.7. The highest BCUT2D eigenvalue weighted by atomic mass is 16.6. The molecule has 0 spiro atoms. The Labute approximate surface area is 111 Å². The van der Waals surface area contributed by atoms with Gasteiger partial charge in [0.05, 0.1) is 19.8 Å². The van der Waals surface area contributed by atoms with Crippen molar-refractivity contribution < 1.29 is 24.1 Å². The van der Waals surface area contributed by atoms with Crippen LogP contribution < -0.4 is 14.8 Å². The average Bonchev–Trinajstić information content (AvgIpc) is 2.46. The second kappa shape index (κ2) is 6.40. The summed E-state index contributed by atoms with van der Waals surface area (Å²) in [6.45, 7) is 1.37. The zero-order valence-electron chi connectivity index (χ0n) is 10.7. The summed E-state index contributed by atoms with van der Waals surface area (Å²) < 4.78 is 15.3. The lowest BCUT2D eigenvalue weighted by molar-refractivity contribution is -0.139. The first-order valence-electron chi connectivity index (χ1n) is 6.06. The first-order chi connectivity index (χ1) is 9.20. The quantitative estimate of drug-likeness (QED) is 0.745. The molecule has 0 saturated heterocycles. The molecule has 0 saturated carbocycles. The summed E-state index contributed by atoms with van der Waals surface area (Å²) in [4.78, 5) is 10.9. The molecular formula is C13H17NO5. The van der Waals surface area contributed by atoms with Crippen LogP contribution in [0.5, 0.6) is 11.5 Å². The number of fused-ring (bicyclic) bond motifs is 1. The summed E-state index contributed by atoms with van der Waals surface area (Å²) in [6, 6.07) is 5.30. The van der Waals surface area contributed by atoms with E-state index in [9.17, 15) is 9.90 Å². The molecule has 1 aromatic carbocycles. The fourth-order valence-electron chi connectivity index (χ4n) is 1.77. The van der Waals surface area contributed by atoms with E-state index >= 15 is 0 Å². The van der Waals surface area contributed by atoms with Gasteiger partial charge in [-0.1, -0.05) is 6.07 Å². The summed E-state index contributed by atoms with van der Waals surface area (Å²) >= 11 is 0. The Bertz CT molecular complexity index is 449. The highest BCUT2D eigenvalue weighted by Gasteiger charge is 2.15. The van der Waals surface area contributed by atoms with Gasteiger partial charge in [0, 0.05) is 6.54 Å². The van der Waals surface area contributed by atoms with Crippen LogP contribution in [0.2, 0.25) is 0 Å². The van der Waals surface area contributed by atoms with Gasteiger partial charge in [0.1, 0.15) is 13.2 Å². The molecule has 1 aromatic rings. The van der Waals surface area contributed by atoms with Crippen LogP contribution in [0.4, 0.5) is 0 Å². The number of carbonyl (C=O) groups excluding carboxylic acids is 1. The molecule has 2 rings (SSSR count). The van der Waals surface area contributed by atoms with Crippen molar-refractivity contribution in [3.05, 3.63) is 23.8 Å². The van der Waals surface area contributed by atoms with Crippen molar-refractivity contribution in [1.82, 2.24) is 5.32 Å². The second-order valence-electron chi connectivity index (χ2n) is 4.13. The maximum atomic E-state index is 10.9. The summed E-state index contributed by atoms with van der Waals surface area (Å²) in [5.41, 5.74) is 0.710. The summed E-state index contributed by atoms with van der Waals surface area (Å²) in [5.74, 6) is 0.954. The minimum absolute atomic E-state index is 0.0676. The van der Waals surface area contributed by atoms with E-state index in [0.29, 0.717) is 30.3 Å². The molecular weight excluding hydrogens is 250 g/mol. The number of aliphatic hydroxyl groups is 1. The van der Waals surface area contributed by atoms with Crippen LogP contribution >= 0.6 is 0 Å². The van der Waals surface area contributed by atoms with Gasteiger partial charge in [0.2, 0.25) is 0 Å². The Balaban J connectivity index is 1.91. The SMILES string of the molecule is COC(=O)CNCC(O)c1ccc2c(c1)OCCO2. The van der Waals surface area contributed by atoms with E-state index in [1.807, 2.05) is 0 Å². The van der Waals surface area contributed by atoms with Crippen molar-refractivity contribution in [1.29, 1.82) is 0 Å². The molecule has 1 atom stereocenters. The van der Waals surface area contributed by atoms with Gasteiger partial charge in [-0.2, -0.15) is 0 Å². The number of ether oxygens (including phenoxy) is 3. The molecule has 19 heavy (non-hydrogen) atoms. The molecule has 1 aliphatic rings. The van der Waals surface area contributed by atoms with Crippen LogP contribution in [0.25, 0.3) is 0 Å². The monoisotopic (exact) mass is 267 g/mol. The molecule has 0 aromatic heterocycles. The number of benzene rings is 1.